The summed E-state index contributed by atoms with van der Waals surface area (Å²) in [6.45, 7) is 0.701. The lowest BCUT2D eigenvalue weighted by molar-refractivity contribution is 0.545. The van der Waals surface area contributed by atoms with E-state index in [1.807, 2.05) is 0 Å². The molecule has 1 aliphatic carbocycles. The third-order valence-corrected chi connectivity index (χ3v) is 3.80. The standard InChI is InChI=1S/C6H5Br2Cl2N3/c7-4-11-5(8)13(12-4)2-3-1-6(3,9)10/h3H,1-2H2. The van der Waals surface area contributed by atoms with Gasteiger partial charge in [0, 0.05) is 12.5 Å². The lowest BCUT2D eigenvalue weighted by Crippen LogP contribution is -2.05. The molecule has 0 saturated heterocycles. The van der Waals surface area contributed by atoms with Crippen molar-refractivity contribution in [2.45, 2.75) is 17.3 Å². The van der Waals surface area contributed by atoms with E-state index in [0.29, 0.717) is 16.0 Å². The second-order valence-corrected chi connectivity index (χ2v) is 5.95. The van der Waals surface area contributed by atoms with Crippen LogP contribution in [0.15, 0.2) is 9.47 Å². The summed E-state index contributed by atoms with van der Waals surface area (Å²) in [5, 5.41) is 4.11. The Balaban J connectivity index is 2.07. The Morgan fingerprint density at radius 3 is 2.54 bits per heavy atom. The summed E-state index contributed by atoms with van der Waals surface area (Å²) < 4.78 is 2.43. The Bertz CT molecular complexity index is 339. The van der Waals surface area contributed by atoms with Crippen LogP contribution in [0.5, 0.6) is 0 Å². The van der Waals surface area contributed by atoms with E-state index in [2.05, 4.69) is 41.9 Å². The Labute approximate surface area is 102 Å². The van der Waals surface area contributed by atoms with E-state index in [1.54, 1.807) is 4.68 Å². The van der Waals surface area contributed by atoms with Gasteiger partial charge < -0.3 is 0 Å². The molecule has 1 atom stereocenters. The minimum atomic E-state index is -0.558. The first-order chi connectivity index (χ1) is 5.99. The SMILES string of the molecule is ClC1(Cl)CC1Cn1nc(Br)nc1Br. The minimum absolute atomic E-state index is 0.278. The maximum Gasteiger partial charge on any atom is 0.218 e. The van der Waals surface area contributed by atoms with Gasteiger partial charge in [-0.05, 0) is 38.3 Å². The van der Waals surface area contributed by atoms with Crippen molar-refractivity contribution < 1.29 is 0 Å². The molecule has 0 bridgehead atoms. The Morgan fingerprint density at radius 1 is 1.54 bits per heavy atom. The lowest BCUT2D eigenvalue weighted by Gasteiger charge is -2.00. The summed E-state index contributed by atoms with van der Waals surface area (Å²) in [6.07, 6.45) is 0.819. The smallest absolute Gasteiger partial charge is 0.218 e. The van der Waals surface area contributed by atoms with Crippen molar-refractivity contribution in [3.05, 3.63) is 9.47 Å². The van der Waals surface area contributed by atoms with Gasteiger partial charge in [-0.2, -0.15) is 4.98 Å². The predicted molar refractivity (Wildman–Crippen MR) is 58.0 cm³/mol. The zero-order valence-electron chi connectivity index (χ0n) is 6.35. The molecule has 13 heavy (non-hydrogen) atoms. The zero-order chi connectivity index (χ0) is 9.64. The van der Waals surface area contributed by atoms with Crippen LogP contribution in [0.4, 0.5) is 0 Å². The Morgan fingerprint density at radius 2 is 2.15 bits per heavy atom. The van der Waals surface area contributed by atoms with Gasteiger partial charge in [-0.1, -0.05) is 0 Å². The molecule has 0 N–H and O–H groups in total. The van der Waals surface area contributed by atoms with Gasteiger partial charge in [0.05, 0.1) is 0 Å². The van der Waals surface area contributed by atoms with Gasteiger partial charge in [0.25, 0.3) is 0 Å². The fraction of sp³-hybridized carbons (Fsp3) is 0.667. The molecule has 0 aliphatic heterocycles. The molecule has 0 amide bonds. The first kappa shape index (κ1) is 10.2. The molecule has 1 aromatic heterocycles. The monoisotopic (exact) mass is 347 g/mol. The number of rotatable bonds is 2. The van der Waals surface area contributed by atoms with Gasteiger partial charge >= 0.3 is 0 Å². The fourth-order valence-electron chi connectivity index (χ4n) is 1.09. The van der Waals surface area contributed by atoms with E-state index in [9.17, 15) is 0 Å². The topological polar surface area (TPSA) is 30.7 Å². The second-order valence-electron chi connectivity index (χ2n) is 2.99. The predicted octanol–water partition coefficient (Wildman–Crippen LogP) is 3.00. The molecule has 1 heterocycles. The van der Waals surface area contributed by atoms with Crippen molar-refractivity contribution in [2.75, 3.05) is 0 Å². The highest BCUT2D eigenvalue weighted by molar-refractivity contribution is 9.11. The highest BCUT2D eigenvalue weighted by atomic mass is 79.9. The molecule has 1 aromatic rings. The fourth-order valence-corrected chi connectivity index (χ4v) is 2.59. The van der Waals surface area contributed by atoms with Crippen molar-refractivity contribution in [2.24, 2.45) is 5.92 Å². The van der Waals surface area contributed by atoms with Crippen molar-refractivity contribution in [1.29, 1.82) is 0 Å². The van der Waals surface area contributed by atoms with Crippen LogP contribution >= 0.6 is 55.1 Å². The van der Waals surface area contributed by atoms with Gasteiger partial charge in [0.2, 0.25) is 4.73 Å². The number of aromatic nitrogens is 3. The van der Waals surface area contributed by atoms with Gasteiger partial charge in [-0.15, -0.1) is 28.3 Å². The molecular formula is C6H5Br2Cl2N3. The molecule has 7 heteroatoms. The first-order valence-corrected chi connectivity index (χ1v) is 5.97. The maximum absolute atomic E-state index is 5.89. The molecule has 72 valence electrons. The molecule has 2 rings (SSSR count). The summed E-state index contributed by atoms with van der Waals surface area (Å²) in [5.74, 6) is 0.278. The summed E-state index contributed by atoms with van der Waals surface area (Å²) in [7, 11) is 0. The largest absolute Gasteiger partial charge is 0.239 e. The van der Waals surface area contributed by atoms with Crippen molar-refractivity contribution >= 4 is 55.1 Å². The van der Waals surface area contributed by atoms with Crippen molar-refractivity contribution in [3.8, 4) is 0 Å². The third-order valence-electron chi connectivity index (χ3n) is 1.95. The van der Waals surface area contributed by atoms with Crippen LogP contribution in [-0.2, 0) is 6.54 Å². The average Bonchev–Trinajstić information content (AvgIpc) is 2.43. The number of nitrogens with zero attached hydrogens (tertiary/aromatic N) is 3. The van der Waals surface area contributed by atoms with E-state index in [1.165, 1.54) is 0 Å². The molecule has 1 fully saturated rings. The summed E-state index contributed by atoms with van der Waals surface area (Å²) >= 11 is 18.3. The molecule has 1 unspecified atom stereocenters. The quantitative estimate of drug-likeness (QED) is 0.768. The summed E-state index contributed by atoms with van der Waals surface area (Å²) in [6, 6.07) is 0. The first-order valence-electron chi connectivity index (χ1n) is 3.63. The van der Waals surface area contributed by atoms with E-state index < -0.39 is 4.33 Å². The van der Waals surface area contributed by atoms with E-state index in [-0.39, 0.29) is 5.92 Å². The van der Waals surface area contributed by atoms with Crippen LogP contribution in [0, 0.1) is 5.92 Å². The van der Waals surface area contributed by atoms with Crippen LogP contribution in [0.3, 0.4) is 0 Å². The third kappa shape index (κ3) is 2.19. The number of hydrogen-bond donors (Lipinski definition) is 0. The van der Waals surface area contributed by atoms with Gasteiger partial charge in [-0.25, -0.2) is 4.68 Å². The Hall–Kier alpha value is 0.680. The zero-order valence-corrected chi connectivity index (χ0v) is 11.0. The van der Waals surface area contributed by atoms with Gasteiger partial charge in [0.15, 0.2) is 4.73 Å². The van der Waals surface area contributed by atoms with Gasteiger partial charge in [0.1, 0.15) is 4.33 Å². The van der Waals surface area contributed by atoms with E-state index in [4.69, 9.17) is 23.2 Å². The highest BCUT2D eigenvalue weighted by Crippen LogP contribution is 2.53. The summed E-state index contributed by atoms with van der Waals surface area (Å²) in [5.41, 5.74) is 0. The lowest BCUT2D eigenvalue weighted by atomic mass is 10.4. The molecule has 1 saturated carbocycles. The van der Waals surface area contributed by atoms with Crippen LogP contribution in [0.1, 0.15) is 6.42 Å². The highest BCUT2D eigenvalue weighted by Gasteiger charge is 2.51. The van der Waals surface area contributed by atoms with Crippen LogP contribution in [0.2, 0.25) is 0 Å². The number of alkyl halides is 2. The maximum atomic E-state index is 5.89. The normalized spacial score (nSPS) is 24.8. The van der Waals surface area contributed by atoms with E-state index in [0.717, 1.165) is 6.42 Å². The second kappa shape index (κ2) is 3.36. The molecular weight excluding hydrogens is 345 g/mol. The average molecular weight is 350 g/mol. The Kier molecular flexibility index (Phi) is 2.64. The molecule has 0 radical (unpaired) electrons. The summed E-state index contributed by atoms with van der Waals surface area (Å²) in [4.78, 5) is 4.04. The van der Waals surface area contributed by atoms with Gasteiger partial charge in [-0.3, -0.25) is 0 Å². The van der Waals surface area contributed by atoms with E-state index >= 15 is 0 Å². The molecule has 0 aromatic carbocycles. The van der Waals surface area contributed by atoms with Crippen LogP contribution in [-0.4, -0.2) is 19.1 Å². The van der Waals surface area contributed by atoms with Crippen LogP contribution in [0.25, 0.3) is 0 Å². The molecule has 1 aliphatic rings. The molecule has 3 nitrogen and oxygen atoms in total. The van der Waals surface area contributed by atoms with Crippen molar-refractivity contribution in [1.82, 2.24) is 14.8 Å². The number of hydrogen-bond acceptors (Lipinski definition) is 2. The minimum Gasteiger partial charge on any atom is -0.239 e. The number of halogens is 4. The van der Waals surface area contributed by atoms with Crippen LogP contribution < -0.4 is 0 Å². The van der Waals surface area contributed by atoms with Crippen molar-refractivity contribution in [3.63, 3.8) is 0 Å². The molecule has 0 spiro atoms.